The number of halogens is 2. The number of pyridine rings is 1. The molecular formula is C14H11BrClN3. The largest absolute Gasteiger partial charge is 0.383 e. The molecule has 0 fully saturated rings. The molecule has 0 unspecified atom stereocenters. The van der Waals surface area contributed by atoms with Crippen LogP contribution in [0.15, 0.2) is 41.0 Å². The standard InChI is InChI=1S/C14H11BrClN3/c1-8-4-5-9(10(15)7-8)12-13(17)19-6-2-3-11(16)14(19)18-12/h2-7H,17H2,1H3. The number of benzene rings is 1. The van der Waals surface area contributed by atoms with Crippen LogP contribution in [0.25, 0.3) is 16.9 Å². The first-order chi connectivity index (χ1) is 9.08. The Morgan fingerprint density at radius 2 is 2.11 bits per heavy atom. The van der Waals surface area contributed by atoms with Crippen LogP contribution < -0.4 is 5.73 Å². The van der Waals surface area contributed by atoms with E-state index in [4.69, 9.17) is 17.3 Å². The monoisotopic (exact) mass is 335 g/mol. The van der Waals surface area contributed by atoms with Crippen LogP contribution in [0, 0.1) is 6.92 Å². The normalized spacial score (nSPS) is 11.1. The molecule has 1 aromatic carbocycles. The van der Waals surface area contributed by atoms with Crippen LogP contribution >= 0.6 is 27.5 Å². The lowest BCUT2D eigenvalue weighted by Gasteiger charge is -2.03. The van der Waals surface area contributed by atoms with Crippen LogP contribution in [0.3, 0.4) is 0 Å². The molecule has 0 aliphatic rings. The number of nitrogens with zero attached hydrogens (tertiary/aromatic N) is 2. The number of hydrogen-bond donors (Lipinski definition) is 1. The van der Waals surface area contributed by atoms with Crippen molar-refractivity contribution in [3.05, 3.63) is 51.6 Å². The van der Waals surface area contributed by atoms with Gasteiger partial charge in [0.25, 0.3) is 0 Å². The molecule has 2 N–H and O–H groups in total. The lowest BCUT2D eigenvalue weighted by atomic mass is 10.1. The van der Waals surface area contributed by atoms with Crippen molar-refractivity contribution in [1.29, 1.82) is 0 Å². The molecule has 0 atom stereocenters. The van der Waals surface area contributed by atoms with Gasteiger partial charge >= 0.3 is 0 Å². The minimum Gasteiger partial charge on any atom is -0.383 e. The highest BCUT2D eigenvalue weighted by molar-refractivity contribution is 9.10. The maximum Gasteiger partial charge on any atom is 0.157 e. The highest BCUT2D eigenvalue weighted by atomic mass is 79.9. The fraction of sp³-hybridized carbons (Fsp3) is 0.0714. The Hall–Kier alpha value is -1.52. The van der Waals surface area contributed by atoms with E-state index < -0.39 is 0 Å². The molecule has 5 heteroatoms. The van der Waals surface area contributed by atoms with Crippen LogP contribution in [0.2, 0.25) is 5.02 Å². The van der Waals surface area contributed by atoms with E-state index in [2.05, 4.69) is 20.9 Å². The van der Waals surface area contributed by atoms with Gasteiger partial charge in [-0.25, -0.2) is 4.98 Å². The molecule has 0 aliphatic carbocycles. The molecule has 0 spiro atoms. The Bertz CT molecular complexity index is 780. The molecule has 3 nitrogen and oxygen atoms in total. The average molecular weight is 337 g/mol. The quantitative estimate of drug-likeness (QED) is 0.719. The summed E-state index contributed by atoms with van der Waals surface area (Å²) in [5.74, 6) is 0.585. The van der Waals surface area contributed by atoms with Crippen LogP contribution in [0.4, 0.5) is 5.82 Å². The average Bonchev–Trinajstić information content (AvgIpc) is 2.69. The number of aromatic nitrogens is 2. The minimum absolute atomic E-state index is 0.585. The van der Waals surface area contributed by atoms with Crippen molar-refractivity contribution < 1.29 is 0 Å². The van der Waals surface area contributed by atoms with Gasteiger partial charge in [-0.2, -0.15) is 0 Å². The first kappa shape index (κ1) is 12.5. The number of fused-ring (bicyclic) bond motifs is 1. The summed E-state index contributed by atoms with van der Waals surface area (Å²) < 4.78 is 2.77. The van der Waals surface area contributed by atoms with Crippen molar-refractivity contribution in [3.63, 3.8) is 0 Å². The molecule has 3 aromatic rings. The van der Waals surface area contributed by atoms with Gasteiger partial charge in [0.1, 0.15) is 11.5 Å². The van der Waals surface area contributed by atoms with Gasteiger partial charge in [-0.15, -0.1) is 0 Å². The van der Waals surface area contributed by atoms with Gasteiger partial charge in [-0.1, -0.05) is 39.7 Å². The first-order valence-corrected chi connectivity index (χ1v) is 6.93. The Balaban J connectivity index is 2.31. The SMILES string of the molecule is Cc1ccc(-c2nc3c(Cl)cccn3c2N)c(Br)c1. The summed E-state index contributed by atoms with van der Waals surface area (Å²) in [4.78, 5) is 4.55. The fourth-order valence-corrected chi connectivity index (χ4v) is 2.95. The molecule has 0 saturated heterocycles. The predicted octanol–water partition coefficient (Wildman–Crippen LogP) is 4.31. The van der Waals surface area contributed by atoms with Crippen molar-refractivity contribution >= 4 is 39.0 Å². The van der Waals surface area contributed by atoms with E-state index in [0.29, 0.717) is 16.5 Å². The third-order valence-corrected chi connectivity index (χ3v) is 3.97. The van der Waals surface area contributed by atoms with Crippen molar-refractivity contribution in [2.45, 2.75) is 6.92 Å². The molecule has 19 heavy (non-hydrogen) atoms. The lowest BCUT2D eigenvalue weighted by molar-refractivity contribution is 1.20. The second-order valence-corrected chi connectivity index (χ2v) is 5.64. The summed E-state index contributed by atoms with van der Waals surface area (Å²) in [5.41, 5.74) is 9.71. The van der Waals surface area contributed by atoms with Gasteiger partial charge in [-0.05, 0) is 30.7 Å². The Morgan fingerprint density at radius 1 is 1.32 bits per heavy atom. The van der Waals surface area contributed by atoms with Crippen LogP contribution in [-0.2, 0) is 0 Å². The summed E-state index contributed by atoms with van der Waals surface area (Å²) in [6.07, 6.45) is 1.86. The second kappa shape index (κ2) is 4.54. The highest BCUT2D eigenvalue weighted by Gasteiger charge is 2.15. The number of rotatable bonds is 1. The summed E-state index contributed by atoms with van der Waals surface area (Å²) in [7, 11) is 0. The van der Waals surface area contributed by atoms with Gasteiger partial charge in [0.05, 0.1) is 5.02 Å². The predicted molar refractivity (Wildman–Crippen MR) is 82.5 cm³/mol. The number of anilines is 1. The van der Waals surface area contributed by atoms with Crippen molar-refractivity contribution in [2.24, 2.45) is 0 Å². The van der Waals surface area contributed by atoms with Crippen molar-refractivity contribution in [1.82, 2.24) is 9.38 Å². The molecule has 0 bridgehead atoms. The Morgan fingerprint density at radius 3 is 2.79 bits per heavy atom. The molecule has 0 aliphatic heterocycles. The summed E-state index contributed by atoms with van der Waals surface area (Å²) in [6, 6.07) is 9.73. The van der Waals surface area contributed by atoms with Gasteiger partial charge < -0.3 is 5.73 Å². The van der Waals surface area contributed by atoms with Crippen LogP contribution in [-0.4, -0.2) is 9.38 Å². The second-order valence-electron chi connectivity index (χ2n) is 4.38. The molecule has 0 amide bonds. The van der Waals surface area contributed by atoms with Gasteiger partial charge in [0.15, 0.2) is 5.65 Å². The molecule has 0 radical (unpaired) electrons. The number of hydrogen-bond acceptors (Lipinski definition) is 2. The minimum atomic E-state index is 0.585. The molecule has 2 heterocycles. The summed E-state index contributed by atoms with van der Waals surface area (Å²) in [5, 5.41) is 0.587. The van der Waals surface area contributed by atoms with Crippen LogP contribution in [0.1, 0.15) is 5.56 Å². The van der Waals surface area contributed by atoms with Gasteiger partial charge in [0, 0.05) is 16.2 Å². The number of nitrogen functional groups attached to an aromatic ring is 1. The molecular weight excluding hydrogens is 326 g/mol. The van der Waals surface area contributed by atoms with E-state index in [-0.39, 0.29) is 0 Å². The van der Waals surface area contributed by atoms with E-state index in [1.54, 1.807) is 10.5 Å². The molecule has 96 valence electrons. The van der Waals surface area contributed by atoms with Crippen molar-refractivity contribution in [3.8, 4) is 11.3 Å². The molecule has 3 rings (SSSR count). The highest BCUT2D eigenvalue weighted by Crippen LogP contribution is 2.34. The lowest BCUT2D eigenvalue weighted by Crippen LogP contribution is -1.94. The number of nitrogens with two attached hydrogens (primary N) is 1. The zero-order valence-corrected chi connectivity index (χ0v) is 12.5. The maximum absolute atomic E-state index is 6.17. The topological polar surface area (TPSA) is 43.3 Å². The zero-order chi connectivity index (χ0) is 13.6. The third kappa shape index (κ3) is 2.01. The van der Waals surface area contributed by atoms with E-state index >= 15 is 0 Å². The molecule has 2 aromatic heterocycles. The Labute approximate surface area is 124 Å². The van der Waals surface area contributed by atoms with Gasteiger partial charge in [-0.3, -0.25) is 4.40 Å². The van der Waals surface area contributed by atoms with Crippen molar-refractivity contribution in [2.75, 3.05) is 5.73 Å². The zero-order valence-electron chi connectivity index (χ0n) is 10.2. The fourth-order valence-electron chi connectivity index (χ4n) is 2.06. The van der Waals surface area contributed by atoms with E-state index in [9.17, 15) is 0 Å². The number of imidazole rings is 1. The first-order valence-electron chi connectivity index (χ1n) is 5.76. The smallest absolute Gasteiger partial charge is 0.157 e. The Kier molecular flexibility index (Phi) is 2.99. The van der Waals surface area contributed by atoms with Gasteiger partial charge in [0.2, 0.25) is 0 Å². The maximum atomic E-state index is 6.17. The summed E-state index contributed by atoms with van der Waals surface area (Å²) >= 11 is 9.70. The molecule has 0 saturated carbocycles. The number of aryl methyl sites for hydroxylation is 1. The van der Waals surface area contributed by atoms with E-state index in [1.165, 1.54) is 5.56 Å². The van der Waals surface area contributed by atoms with E-state index in [1.807, 2.05) is 37.4 Å². The summed E-state index contributed by atoms with van der Waals surface area (Å²) in [6.45, 7) is 2.04. The van der Waals surface area contributed by atoms with E-state index in [0.717, 1.165) is 15.7 Å². The third-order valence-electron chi connectivity index (χ3n) is 3.02. The van der Waals surface area contributed by atoms with Crippen LogP contribution in [0.5, 0.6) is 0 Å².